The topological polar surface area (TPSA) is 105 Å². The number of benzene rings is 1. The number of alkyl halides is 6. The average molecular weight is 581 g/mol. The van der Waals surface area contributed by atoms with Crippen molar-refractivity contribution in [1.82, 2.24) is 24.7 Å². The monoisotopic (exact) mass is 581 g/mol. The smallest absolute Gasteiger partial charge is 0.362 e. The molecule has 0 radical (unpaired) electrons. The van der Waals surface area contributed by atoms with Gasteiger partial charge < -0.3 is 15.1 Å². The number of rotatable bonds is 5. The summed E-state index contributed by atoms with van der Waals surface area (Å²) in [5.41, 5.74) is 2.23. The molecule has 0 aliphatic carbocycles. The highest BCUT2D eigenvalue weighted by Crippen LogP contribution is 2.29. The SMILES string of the molecule is Cc1cnc(-c2ccn3c(-c4cccc(N(OC(=O)C(F)(F)F)C(=O)NCC(F)(F)F)c4)cnc3c2)nc1N(C)C. The Balaban J connectivity index is 1.69. The minimum Gasteiger partial charge on any atom is -0.362 e. The van der Waals surface area contributed by atoms with Crippen LogP contribution in [0, 0.1) is 6.92 Å². The van der Waals surface area contributed by atoms with Crippen molar-refractivity contribution in [1.29, 1.82) is 0 Å². The first-order chi connectivity index (χ1) is 19.1. The van der Waals surface area contributed by atoms with Crippen molar-refractivity contribution in [2.24, 2.45) is 0 Å². The van der Waals surface area contributed by atoms with Gasteiger partial charge in [0.1, 0.15) is 18.0 Å². The molecule has 0 fully saturated rings. The van der Waals surface area contributed by atoms with Crippen LogP contribution in [0.2, 0.25) is 0 Å². The van der Waals surface area contributed by atoms with Gasteiger partial charge in [-0.25, -0.2) is 24.5 Å². The second-order valence-electron chi connectivity index (χ2n) is 8.88. The number of amides is 2. The number of nitrogens with one attached hydrogen (secondary N) is 1. The summed E-state index contributed by atoms with van der Waals surface area (Å²) >= 11 is 0. The van der Waals surface area contributed by atoms with E-state index in [2.05, 4.69) is 19.8 Å². The Bertz CT molecular complexity index is 1600. The lowest BCUT2D eigenvalue weighted by Crippen LogP contribution is -2.46. The van der Waals surface area contributed by atoms with Gasteiger partial charge in [0, 0.05) is 43.2 Å². The summed E-state index contributed by atoms with van der Waals surface area (Å²) in [6.07, 6.45) is -5.62. The van der Waals surface area contributed by atoms with E-state index in [1.54, 1.807) is 28.9 Å². The van der Waals surface area contributed by atoms with E-state index in [0.29, 0.717) is 28.3 Å². The number of hydroxylamine groups is 1. The number of urea groups is 1. The van der Waals surface area contributed by atoms with E-state index in [-0.39, 0.29) is 5.06 Å². The lowest BCUT2D eigenvalue weighted by atomic mass is 10.1. The normalized spacial score (nSPS) is 11.8. The van der Waals surface area contributed by atoms with Gasteiger partial charge in [-0.2, -0.15) is 26.3 Å². The third-order valence-electron chi connectivity index (χ3n) is 5.55. The molecule has 3 aromatic heterocycles. The first kappa shape index (κ1) is 29.1. The summed E-state index contributed by atoms with van der Waals surface area (Å²) in [5, 5.41) is 1.19. The number of hydrogen-bond donors (Lipinski definition) is 1. The van der Waals surface area contributed by atoms with Gasteiger partial charge in [0.25, 0.3) is 0 Å². The van der Waals surface area contributed by atoms with Crippen LogP contribution >= 0.6 is 0 Å². The van der Waals surface area contributed by atoms with Crippen LogP contribution in [0.4, 0.5) is 42.6 Å². The van der Waals surface area contributed by atoms with Gasteiger partial charge >= 0.3 is 24.4 Å². The minimum absolute atomic E-state index is 0.191. The summed E-state index contributed by atoms with van der Waals surface area (Å²) in [7, 11) is 3.70. The Kier molecular flexibility index (Phi) is 7.76. The Morgan fingerprint density at radius 2 is 1.73 bits per heavy atom. The Hall–Kier alpha value is -4.89. The van der Waals surface area contributed by atoms with E-state index in [1.165, 1.54) is 23.6 Å². The number of fused-ring (bicyclic) bond motifs is 1. The van der Waals surface area contributed by atoms with Crippen molar-refractivity contribution in [3.8, 4) is 22.6 Å². The van der Waals surface area contributed by atoms with Crippen molar-refractivity contribution in [2.45, 2.75) is 19.3 Å². The van der Waals surface area contributed by atoms with E-state index in [9.17, 15) is 35.9 Å². The fraction of sp³-hybridized carbons (Fsp3) is 0.240. The predicted molar refractivity (Wildman–Crippen MR) is 135 cm³/mol. The molecule has 3 heterocycles. The number of imidazole rings is 1. The van der Waals surface area contributed by atoms with E-state index >= 15 is 0 Å². The molecule has 4 aromatic rings. The van der Waals surface area contributed by atoms with Crippen LogP contribution in [-0.4, -0.2) is 64.3 Å². The molecular formula is C25H21F6N7O3. The number of pyridine rings is 1. The third-order valence-corrected chi connectivity index (χ3v) is 5.55. The molecule has 0 spiro atoms. The molecule has 41 heavy (non-hydrogen) atoms. The van der Waals surface area contributed by atoms with Crippen LogP contribution in [0.3, 0.4) is 0 Å². The molecule has 0 atom stereocenters. The van der Waals surface area contributed by atoms with Gasteiger partial charge in [0.05, 0.1) is 17.6 Å². The van der Waals surface area contributed by atoms with Gasteiger partial charge in [-0.15, -0.1) is 5.06 Å². The molecule has 0 bridgehead atoms. The highest BCUT2D eigenvalue weighted by molar-refractivity contribution is 5.93. The molecule has 0 aliphatic heterocycles. The van der Waals surface area contributed by atoms with Crippen LogP contribution in [0.5, 0.6) is 0 Å². The maximum Gasteiger partial charge on any atom is 0.493 e. The molecule has 1 N–H and O–H groups in total. The first-order valence-corrected chi connectivity index (χ1v) is 11.7. The minimum atomic E-state index is -5.52. The zero-order valence-corrected chi connectivity index (χ0v) is 21.6. The van der Waals surface area contributed by atoms with Crippen LogP contribution in [0.25, 0.3) is 28.3 Å². The van der Waals surface area contributed by atoms with Crippen molar-refractivity contribution in [3.63, 3.8) is 0 Å². The standard InChI is InChI=1S/C25H21F6N7O3/c1-14-11-33-20(35-21(14)36(2)3)16-7-8-37-18(12-32-19(37)10-16)15-5-4-6-17(9-15)38(41-22(39)25(29,30)31)23(40)34-13-24(26,27)28/h4-12H,13H2,1-3H3,(H,34,40). The van der Waals surface area contributed by atoms with Gasteiger partial charge in [0.2, 0.25) is 0 Å². The van der Waals surface area contributed by atoms with E-state index in [1.807, 2.05) is 25.9 Å². The molecule has 216 valence electrons. The molecule has 0 unspecified atom stereocenters. The zero-order chi connectivity index (χ0) is 30.1. The van der Waals surface area contributed by atoms with Crippen LogP contribution in [0.1, 0.15) is 5.56 Å². The highest BCUT2D eigenvalue weighted by atomic mass is 19.4. The van der Waals surface area contributed by atoms with E-state index in [0.717, 1.165) is 23.5 Å². The average Bonchev–Trinajstić information content (AvgIpc) is 3.33. The maximum absolute atomic E-state index is 12.8. The number of aromatic nitrogens is 4. The van der Waals surface area contributed by atoms with Crippen molar-refractivity contribution >= 4 is 29.2 Å². The summed E-state index contributed by atoms with van der Waals surface area (Å²) in [6, 6.07) is 6.75. The third kappa shape index (κ3) is 6.64. The van der Waals surface area contributed by atoms with Gasteiger partial charge in [-0.3, -0.25) is 4.40 Å². The van der Waals surface area contributed by atoms with Gasteiger partial charge in [0.15, 0.2) is 5.82 Å². The zero-order valence-electron chi connectivity index (χ0n) is 21.6. The van der Waals surface area contributed by atoms with Gasteiger partial charge in [-0.05, 0) is 31.2 Å². The molecule has 0 saturated carbocycles. The Morgan fingerprint density at radius 3 is 2.39 bits per heavy atom. The summed E-state index contributed by atoms with van der Waals surface area (Å²) in [4.78, 5) is 43.1. The van der Waals surface area contributed by atoms with Crippen LogP contribution in [0.15, 0.2) is 55.0 Å². The molecule has 16 heteroatoms. The van der Waals surface area contributed by atoms with Gasteiger partial charge in [-0.1, -0.05) is 12.1 Å². The number of nitrogens with zero attached hydrogens (tertiary/aromatic N) is 6. The lowest BCUT2D eigenvalue weighted by Gasteiger charge is -2.22. The number of carbonyl (C=O) groups is 2. The number of halogens is 6. The van der Waals surface area contributed by atoms with Crippen LogP contribution in [-0.2, 0) is 9.63 Å². The molecule has 0 saturated heterocycles. The molecular weight excluding hydrogens is 560 g/mol. The second kappa shape index (κ2) is 10.9. The number of carbonyl (C=O) groups excluding carboxylic acids is 2. The lowest BCUT2D eigenvalue weighted by molar-refractivity contribution is -0.199. The van der Waals surface area contributed by atoms with Crippen molar-refractivity contribution in [3.05, 3.63) is 60.6 Å². The number of anilines is 2. The molecule has 2 amide bonds. The Morgan fingerprint density at radius 1 is 1.00 bits per heavy atom. The highest BCUT2D eigenvalue weighted by Gasteiger charge is 2.44. The summed E-state index contributed by atoms with van der Waals surface area (Å²) < 4.78 is 78.0. The molecule has 1 aromatic carbocycles. The number of hydrogen-bond acceptors (Lipinski definition) is 7. The molecule has 4 rings (SSSR count). The van der Waals surface area contributed by atoms with E-state index < -0.39 is 36.6 Å². The molecule has 10 nitrogen and oxygen atoms in total. The fourth-order valence-corrected chi connectivity index (χ4v) is 3.74. The largest absolute Gasteiger partial charge is 0.493 e. The summed E-state index contributed by atoms with van der Waals surface area (Å²) in [5.74, 6) is -1.63. The van der Waals surface area contributed by atoms with Crippen molar-refractivity contribution in [2.75, 3.05) is 30.6 Å². The van der Waals surface area contributed by atoms with Crippen molar-refractivity contribution < 1.29 is 40.8 Å². The van der Waals surface area contributed by atoms with Crippen LogP contribution < -0.4 is 15.3 Å². The maximum atomic E-state index is 12.8. The second-order valence-corrected chi connectivity index (χ2v) is 8.88. The first-order valence-electron chi connectivity index (χ1n) is 11.7. The summed E-state index contributed by atoms with van der Waals surface area (Å²) in [6.45, 7) is 0.00434. The quantitative estimate of drug-likeness (QED) is 0.263. The van der Waals surface area contributed by atoms with E-state index in [4.69, 9.17) is 0 Å². The number of aryl methyl sites for hydroxylation is 1. The Labute approximate surface area is 228 Å². The fourth-order valence-electron chi connectivity index (χ4n) is 3.74. The predicted octanol–water partition coefficient (Wildman–Crippen LogP) is 4.93. The molecule has 0 aliphatic rings.